The van der Waals surface area contributed by atoms with Crippen LogP contribution in [0.5, 0.6) is 5.75 Å². The van der Waals surface area contributed by atoms with Gasteiger partial charge in [0.2, 0.25) is 10.0 Å². The molecule has 29 heavy (non-hydrogen) atoms. The van der Waals surface area contributed by atoms with Crippen LogP contribution in [-0.4, -0.2) is 59.3 Å². The Morgan fingerprint density at radius 1 is 1.34 bits per heavy atom. The monoisotopic (exact) mass is 418 g/mol. The number of β-amino-alcohol motifs (C(OH)–C–C–N with tert-alkyl or cyclic N) is 1. The van der Waals surface area contributed by atoms with E-state index in [1.807, 2.05) is 0 Å². The molecule has 0 amide bonds. The molecule has 2 heterocycles. The topological polar surface area (TPSA) is 148 Å². The number of rotatable bonds is 5. The first kappa shape index (κ1) is 20.6. The normalized spacial score (nSPS) is 22.0. The van der Waals surface area contributed by atoms with Crippen LogP contribution in [0.4, 0.5) is 4.39 Å². The van der Waals surface area contributed by atoms with E-state index in [-0.39, 0.29) is 28.4 Å². The predicted octanol–water partition coefficient (Wildman–Crippen LogP) is 0.139. The highest BCUT2D eigenvalue weighted by Crippen LogP contribution is 2.31. The van der Waals surface area contributed by atoms with E-state index < -0.39 is 40.7 Å². The Hall–Kier alpha value is -3.09. The quantitative estimate of drug-likeness (QED) is 0.697. The van der Waals surface area contributed by atoms with Gasteiger partial charge in [0.25, 0.3) is 0 Å². The van der Waals surface area contributed by atoms with Crippen LogP contribution in [-0.2, 0) is 10.0 Å². The van der Waals surface area contributed by atoms with E-state index in [2.05, 4.69) is 4.98 Å². The lowest BCUT2D eigenvalue weighted by Gasteiger charge is -2.27. The van der Waals surface area contributed by atoms with Gasteiger partial charge in [0.05, 0.1) is 18.7 Å². The standard InChI is InChI=1S/C18H15FN4O5S/c19-14-6-13(4-3-12(14)7-20)28-17-9-23(10-18(17,25)11-24)29(26,27)16-2-1-5-22-15(16)8-21/h1-6,17,24-25H,9-11H2/t17-,18-/m0/s1. The minimum atomic E-state index is -4.23. The zero-order valence-corrected chi connectivity index (χ0v) is 15.7. The van der Waals surface area contributed by atoms with Gasteiger partial charge in [-0.25, -0.2) is 17.8 Å². The third kappa shape index (κ3) is 3.77. The molecule has 2 atom stereocenters. The molecule has 150 valence electrons. The number of aliphatic hydroxyl groups excluding tert-OH is 1. The lowest BCUT2D eigenvalue weighted by molar-refractivity contribution is -0.0641. The summed E-state index contributed by atoms with van der Waals surface area (Å²) in [6.07, 6.45) is 0.0496. The number of hydrogen-bond donors (Lipinski definition) is 2. The van der Waals surface area contributed by atoms with Gasteiger partial charge in [0.15, 0.2) is 5.69 Å². The third-order valence-electron chi connectivity index (χ3n) is 4.53. The van der Waals surface area contributed by atoms with Crippen molar-refractivity contribution in [2.24, 2.45) is 0 Å². The number of halogens is 1. The number of ether oxygens (including phenoxy) is 1. The van der Waals surface area contributed by atoms with Crippen LogP contribution in [0.25, 0.3) is 0 Å². The lowest BCUT2D eigenvalue weighted by Crippen LogP contribution is -2.48. The molecule has 0 unspecified atom stereocenters. The van der Waals surface area contributed by atoms with Gasteiger partial charge in [-0.3, -0.25) is 0 Å². The number of pyridine rings is 1. The maximum absolute atomic E-state index is 13.8. The fourth-order valence-electron chi connectivity index (χ4n) is 2.95. The van der Waals surface area contributed by atoms with Gasteiger partial charge in [0, 0.05) is 18.8 Å². The van der Waals surface area contributed by atoms with Crippen molar-refractivity contribution < 1.29 is 27.8 Å². The first-order chi connectivity index (χ1) is 13.7. The van der Waals surface area contributed by atoms with Crippen molar-refractivity contribution in [1.82, 2.24) is 9.29 Å². The van der Waals surface area contributed by atoms with Crippen LogP contribution in [0, 0.1) is 28.5 Å². The number of sulfonamides is 1. The summed E-state index contributed by atoms with van der Waals surface area (Å²) in [6.45, 7) is -1.68. The average molecular weight is 418 g/mol. The Kier molecular flexibility index (Phi) is 5.50. The van der Waals surface area contributed by atoms with Crippen LogP contribution in [0.15, 0.2) is 41.4 Å². The van der Waals surface area contributed by atoms with Crippen molar-refractivity contribution in [3.63, 3.8) is 0 Å². The number of aliphatic hydroxyl groups is 2. The smallest absolute Gasteiger partial charge is 0.246 e. The van der Waals surface area contributed by atoms with Crippen molar-refractivity contribution in [3.05, 3.63) is 53.6 Å². The molecule has 0 bridgehead atoms. The summed E-state index contributed by atoms with van der Waals surface area (Å²) in [5, 5.41) is 38.2. The Bertz CT molecular complexity index is 1130. The van der Waals surface area contributed by atoms with E-state index in [0.717, 1.165) is 10.4 Å². The van der Waals surface area contributed by atoms with E-state index in [0.29, 0.717) is 0 Å². The summed E-state index contributed by atoms with van der Waals surface area (Å²) in [4.78, 5) is 3.39. The van der Waals surface area contributed by atoms with Crippen molar-refractivity contribution in [2.75, 3.05) is 19.7 Å². The van der Waals surface area contributed by atoms with E-state index in [1.165, 1.54) is 30.5 Å². The number of nitriles is 2. The molecule has 0 spiro atoms. The molecule has 0 saturated carbocycles. The highest BCUT2D eigenvalue weighted by Gasteiger charge is 2.51. The molecule has 0 radical (unpaired) electrons. The first-order valence-electron chi connectivity index (χ1n) is 8.30. The van der Waals surface area contributed by atoms with Crippen LogP contribution in [0.3, 0.4) is 0 Å². The summed E-state index contributed by atoms with van der Waals surface area (Å²) < 4.78 is 46.1. The molecule has 1 aliphatic rings. The maximum atomic E-state index is 13.8. The summed E-state index contributed by atoms with van der Waals surface area (Å²) in [5.41, 5.74) is -2.48. The number of nitrogens with zero attached hydrogens (tertiary/aromatic N) is 4. The number of hydrogen-bond acceptors (Lipinski definition) is 8. The molecule has 1 fully saturated rings. The molecule has 1 aromatic heterocycles. The van der Waals surface area contributed by atoms with Gasteiger partial charge in [-0.1, -0.05) is 0 Å². The minimum absolute atomic E-state index is 0.0447. The zero-order valence-electron chi connectivity index (χ0n) is 14.9. The molecule has 1 aromatic carbocycles. The van der Waals surface area contributed by atoms with E-state index in [9.17, 15) is 23.0 Å². The highest BCUT2D eigenvalue weighted by molar-refractivity contribution is 7.89. The molecule has 1 saturated heterocycles. The maximum Gasteiger partial charge on any atom is 0.246 e. The van der Waals surface area contributed by atoms with Crippen LogP contribution >= 0.6 is 0 Å². The van der Waals surface area contributed by atoms with Gasteiger partial charge in [-0.15, -0.1) is 0 Å². The molecule has 2 N–H and O–H groups in total. The molecule has 0 aliphatic carbocycles. The van der Waals surface area contributed by atoms with Gasteiger partial charge in [-0.05, 0) is 24.3 Å². The van der Waals surface area contributed by atoms with Crippen molar-refractivity contribution >= 4 is 10.0 Å². The Balaban J connectivity index is 1.91. The van der Waals surface area contributed by atoms with Crippen molar-refractivity contribution in [2.45, 2.75) is 16.6 Å². The molecule has 2 aromatic rings. The van der Waals surface area contributed by atoms with Gasteiger partial charge in [0.1, 0.15) is 40.3 Å². The van der Waals surface area contributed by atoms with Crippen molar-refractivity contribution in [1.29, 1.82) is 10.5 Å². The first-order valence-corrected chi connectivity index (χ1v) is 9.74. The van der Waals surface area contributed by atoms with Crippen LogP contribution in [0.2, 0.25) is 0 Å². The molecular formula is C18H15FN4O5S. The minimum Gasteiger partial charge on any atom is -0.486 e. The van der Waals surface area contributed by atoms with E-state index in [1.54, 1.807) is 12.1 Å². The summed E-state index contributed by atoms with van der Waals surface area (Å²) >= 11 is 0. The van der Waals surface area contributed by atoms with Gasteiger partial charge >= 0.3 is 0 Å². The van der Waals surface area contributed by atoms with E-state index >= 15 is 0 Å². The molecular weight excluding hydrogens is 403 g/mol. The summed E-state index contributed by atoms with van der Waals surface area (Å²) in [5.74, 6) is -0.884. The molecule has 3 rings (SSSR count). The average Bonchev–Trinajstić information content (AvgIpc) is 3.06. The third-order valence-corrected chi connectivity index (χ3v) is 6.37. The van der Waals surface area contributed by atoms with Gasteiger partial charge in [-0.2, -0.15) is 14.8 Å². The fraction of sp³-hybridized carbons (Fsp3) is 0.278. The summed E-state index contributed by atoms with van der Waals surface area (Å²) in [7, 11) is -4.23. The SMILES string of the molecule is N#Cc1ccc(O[C@H]2CN(S(=O)(=O)c3cccnc3C#N)C[C@]2(O)CO)cc1F. The second-order valence-corrected chi connectivity index (χ2v) is 8.29. The zero-order chi connectivity index (χ0) is 21.2. The second-order valence-electron chi connectivity index (χ2n) is 6.38. The molecule has 9 nitrogen and oxygen atoms in total. The van der Waals surface area contributed by atoms with Crippen LogP contribution < -0.4 is 4.74 Å². The molecule has 11 heteroatoms. The Morgan fingerprint density at radius 3 is 2.72 bits per heavy atom. The molecule has 1 aliphatic heterocycles. The highest BCUT2D eigenvalue weighted by atomic mass is 32.2. The number of benzene rings is 1. The Morgan fingerprint density at radius 2 is 2.10 bits per heavy atom. The van der Waals surface area contributed by atoms with Crippen LogP contribution in [0.1, 0.15) is 11.3 Å². The largest absolute Gasteiger partial charge is 0.486 e. The summed E-state index contributed by atoms with van der Waals surface area (Å²) in [6, 6.07) is 9.34. The van der Waals surface area contributed by atoms with Gasteiger partial charge < -0.3 is 14.9 Å². The number of aromatic nitrogens is 1. The second kappa shape index (κ2) is 7.73. The fourth-order valence-corrected chi connectivity index (χ4v) is 4.55. The predicted molar refractivity (Wildman–Crippen MR) is 95.3 cm³/mol. The Labute approximate surface area is 165 Å². The van der Waals surface area contributed by atoms with Crippen molar-refractivity contribution in [3.8, 4) is 17.9 Å². The van der Waals surface area contributed by atoms with E-state index in [4.69, 9.17) is 15.3 Å². The lowest BCUT2D eigenvalue weighted by atomic mass is 10.0.